The molecule has 0 amide bonds. The van der Waals surface area contributed by atoms with Crippen LogP contribution in [0.4, 0.5) is 0 Å². The van der Waals surface area contributed by atoms with E-state index in [-0.39, 0.29) is 0 Å². The number of aldehydes is 1. The Labute approximate surface area is 88.5 Å². The summed E-state index contributed by atoms with van der Waals surface area (Å²) in [6.45, 7) is 8.74. The highest BCUT2D eigenvalue weighted by molar-refractivity contribution is 6.69. The third kappa shape index (κ3) is 8.20. The van der Waals surface area contributed by atoms with Crippen molar-refractivity contribution in [3.8, 4) is 0 Å². The van der Waals surface area contributed by atoms with Crippen molar-refractivity contribution in [2.45, 2.75) is 51.9 Å². The van der Waals surface area contributed by atoms with Gasteiger partial charge in [0.15, 0.2) is 8.32 Å². The van der Waals surface area contributed by atoms with Gasteiger partial charge in [0.1, 0.15) is 6.29 Å². The van der Waals surface area contributed by atoms with Gasteiger partial charge in [-0.25, -0.2) is 0 Å². The van der Waals surface area contributed by atoms with Crippen LogP contribution in [0.2, 0.25) is 19.6 Å². The van der Waals surface area contributed by atoms with E-state index in [9.17, 15) is 4.79 Å². The quantitative estimate of drug-likeness (QED) is 0.370. The Morgan fingerprint density at radius 3 is 2.43 bits per heavy atom. The average molecular weight is 214 g/mol. The molecule has 82 valence electrons. The zero-order valence-electron chi connectivity index (χ0n) is 9.75. The van der Waals surface area contributed by atoms with E-state index >= 15 is 0 Å². The fourth-order valence-electron chi connectivity index (χ4n) is 1.33. The molecule has 0 rings (SSSR count). The summed E-state index contributed by atoms with van der Waals surface area (Å²) in [7, 11) is -1.44. The largest absolute Gasteiger partial charge is 0.414 e. The van der Waals surface area contributed by atoms with Gasteiger partial charge in [-0.05, 0) is 38.6 Å². The number of rotatable bonds is 7. The van der Waals surface area contributed by atoms with Crippen LogP contribution >= 0.6 is 0 Å². The Hall–Kier alpha value is -0.413. The normalized spacial score (nSPS) is 14.6. The Morgan fingerprint density at radius 2 is 2.00 bits per heavy atom. The summed E-state index contributed by atoms with van der Waals surface area (Å²) in [6.07, 6.45) is 7.62. The second kappa shape index (κ2) is 6.96. The molecule has 0 saturated heterocycles. The number of carbonyl (C=O) groups excluding carboxylic acids is 1. The van der Waals surface area contributed by atoms with Crippen LogP contribution in [0.1, 0.15) is 26.2 Å². The molecule has 1 unspecified atom stereocenters. The molecular weight excluding hydrogens is 192 g/mol. The minimum absolute atomic E-state index is 0.294. The van der Waals surface area contributed by atoms with Crippen LogP contribution in [0.25, 0.3) is 0 Å². The monoisotopic (exact) mass is 214 g/mol. The van der Waals surface area contributed by atoms with E-state index in [4.69, 9.17) is 4.43 Å². The molecule has 1 atom stereocenters. The average Bonchev–Trinajstić information content (AvgIpc) is 2.02. The van der Waals surface area contributed by atoms with Crippen molar-refractivity contribution in [2.75, 3.05) is 0 Å². The maximum absolute atomic E-state index is 10.1. The van der Waals surface area contributed by atoms with Crippen LogP contribution < -0.4 is 0 Å². The minimum Gasteiger partial charge on any atom is -0.414 e. The summed E-state index contributed by atoms with van der Waals surface area (Å²) < 4.78 is 6.00. The summed E-state index contributed by atoms with van der Waals surface area (Å²) in [6, 6.07) is 0. The van der Waals surface area contributed by atoms with E-state index in [0.717, 1.165) is 25.5 Å². The predicted molar refractivity (Wildman–Crippen MR) is 62.9 cm³/mol. The standard InChI is InChI=1S/C11H22O2Si/c1-5-8-11(9-6-7-10-12)13-14(2,3)4/h6-7,10-11H,5,8-9H2,1-4H3. The van der Waals surface area contributed by atoms with Gasteiger partial charge >= 0.3 is 0 Å². The fraction of sp³-hybridized carbons (Fsp3) is 0.727. The first-order chi connectivity index (χ1) is 6.49. The lowest BCUT2D eigenvalue weighted by Crippen LogP contribution is -2.31. The smallest absolute Gasteiger partial charge is 0.184 e. The van der Waals surface area contributed by atoms with E-state index in [1.165, 1.54) is 0 Å². The Balaban J connectivity index is 4.01. The molecule has 0 fully saturated rings. The number of allylic oxidation sites excluding steroid dienone is 1. The molecule has 0 spiro atoms. The van der Waals surface area contributed by atoms with E-state index in [2.05, 4.69) is 26.6 Å². The second-order valence-corrected chi connectivity index (χ2v) is 8.90. The van der Waals surface area contributed by atoms with Gasteiger partial charge < -0.3 is 4.43 Å². The fourth-order valence-corrected chi connectivity index (χ4v) is 2.55. The maximum Gasteiger partial charge on any atom is 0.184 e. The van der Waals surface area contributed by atoms with Gasteiger partial charge in [-0.1, -0.05) is 19.4 Å². The van der Waals surface area contributed by atoms with E-state index in [1.54, 1.807) is 6.08 Å². The molecule has 0 bridgehead atoms. The molecule has 0 aromatic rings. The molecule has 14 heavy (non-hydrogen) atoms. The molecule has 0 heterocycles. The van der Waals surface area contributed by atoms with Crippen LogP contribution in [0.5, 0.6) is 0 Å². The van der Waals surface area contributed by atoms with Crippen molar-refractivity contribution in [1.82, 2.24) is 0 Å². The van der Waals surface area contributed by atoms with E-state index in [0.29, 0.717) is 6.10 Å². The lowest BCUT2D eigenvalue weighted by Gasteiger charge is -2.25. The van der Waals surface area contributed by atoms with Crippen LogP contribution in [0.3, 0.4) is 0 Å². The van der Waals surface area contributed by atoms with Gasteiger partial charge in [0.25, 0.3) is 0 Å². The van der Waals surface area contributed by atoms with E-state index in [1.807, 2.05) is 6.08 Å². The lowest BCUT2D eigenvalue weighted by atomic mass is 10.1. The van der Waals surface area contributed by atoms with Crippen molar-refractivity contribution in [3.05, 3.63) is 12.2 Å². The van der Waals surface area contributed by atoms with E-state index < -0.39 is 8.32 Å². The highest BCUT2D eigenvalue weighted by Crippen LogP contribution is 2.14. The molecular formula is C11H22O2Si. The van der Waals surface area contributed by atoms with Crippen molar-refractivity contribution >= 4 is 14.6 Å². The molecule has 3 heteroatoms. The van der Waals surface area contributed by atoms with Crippen LogP contribution in [0, 0.1) is 0 Å². The highest BCUT2D eigenvalue weighted by Gasteiger charge is 2.19. The summed E-state index contributed by atoms with van der Waals surface area (Å²) in [5, 5.41) is 0. The zero-order chi connectivity index (χ0) is 11.0. The van der Waals surface area contributed by atoms with Gasteiger partial charge in [-0.3, -0.25) is 4.79 Å². The van der Waals surface area contributed by atoms with Crippen LogP contribution in [-0.4, -0.2) is 20.7 Å². The Bertz CT molecular complexity index is 182. The molecule has 0 aromatic carbocycles. The second-order valence-electron chi connectivity index (χ2n) is 4.44. The first-order valence-electron chi connectivity index (χ1n) is 5.27. The van der Waals surface area contributed by atoms with Gasteiger partial charge in [0.05, 0.1) is 0 Å². The number of hydrogen-bond acceptors (Lipinski definition) is 2. The SMILES string of the molecule is CCCC(CC=CC=O)O[Si](C)(C)C. The van der Waals surface area contributed by atoms with Gasteiger partial charge in [0, 0.05) is 6.10 Å². The van der Waals surface area contributed by atoms with Crippen molar-refractivity contribution in [1.29, 1.82) is 0 Å². The maximum atomic E-state index is 10.1. The summed E-state index contributed by atoms with van der Waals surface area (Å²) >= 11 is 0. The molecule has 0 N–H and O–H groups in total. The molecule has 0 aliphatic heterocycles. The van der Waals surface area contributed by atoms with Crippen molar-refractivity contribution < 1.29 is 9.22 Å². The minimum atomic E-state index is -1.44. The Kier molecular flexibility index (Phi) is 6.75. The zero-order valence-corrected chi connectivity index (χ0v) is 10.7. The highest BCUT2D eigenvalue weighted by atomic mass is 28.4. The summed E-state index contributed by atoms with van der Waals surface area (Å²) in [5.41, 5.74) is 0. The molecule has 0 radical (unpaired) electrons. The van der Waals surface area contributed by atoms with Gasteiger partial charge in [0.2, 0.25) is 0 Å². The first-order valence-corrected chi connectivity index (χ1v) is 8.68. The predicted octanol–water partition coefficient (Wildman–Crippen LogP) is 3.15. The number of carbonyl (C=O) groups is 1. The first kappa shape index (κ1) is 13.6. The van der Waals surface area contributed by atoms with Crippen molar-refractivity contribution in [3.63, 3.8) is 0 Å². The number of hydrogen-bond donors (Lipinski definition) is 0. The topological polar surface area (TPSA) is 26.3 Å². The van der Waals surface area contributed by atoms with Crippen LogP contribution in [0.15, 0.2) is 12.2 Å². The van der Waals surface area contributed by atoms with Crippen molar-refractivity contribution in [2.24, 2.45) is 0 Å². The summed E-state index contributed by atoms with van der Waals surface area (Å²) in [4.78, 5) is 10.1. The molecule has 0 aromatic heterocycles. The summed E-state index contributed by atoms with van der Waals surface area (Å²) in [5.74, 6) is 0. The van der Waals surface area contributed by atoms with Gasteiger partial charge in [-0.2, -0.15) is 0 Å². The van der Waals surface area contributed by atoms with Gasteiger partial charge in [-0.15, -0.1) is 0 Å². The molecule has 0 saturated carbocycles. The molecule has 0 aliphatic rings. The molecule has 0 aliphatic carbocycles. The van der Waals surface area contributed by atoms with Crippen LogP contribution in [-0.2, 0) is 9.22 Å². The Morgan fingerprint density at radius 1 is 1.36 bits per heavy atom. The molecule has 2 nitrogen and oxygen atoms in total. The lowest BCUT2D eigenvalue weighted by molar-refractivity contribution is -0.104. The third-order valence-electron chi connectivity index (χ3n) is 1.74. The third-order valence-corrected chi connectivity index (χ3v) is 2.78.